The maximum Gasteiger partial charge on any atom is 0.371 e. The van der Waals surface area contributed by atoms with Gasteiger partial charge in [-0.3, -0.25) is 0 Å². The first-order chi connectivity index (χ1) is 9.61. The summed E-state index contributed by atoms with van der Waals surface area (Å²) in [5.41, 5.74) is 0.637. The van der Waals surface area contributed by atoms with Crippen LogP contribution in [0, 0.1) is 0 Å². The first-order valence-corrected chi connectivity index (χ1v) is 11.8. The van der Waals surface area contributed by atoms with Gasteiger partial charge in [-0.15, -0.1) is 7.92 Å². The Hall–Kier alpha value is 0.527. The van der Waals surface area contributed by atoms with Crippen LogP contribution in [-0.4, -0.2) is 53.1 Å². The number of hydrogen-bond acceptors (Lipinski definition) is 3. The van der Waals surface area contributed by atoms with Crippen molar-refractivity contribution in [3.8, 4) is 0 Å². The lowest BCUT2D eigenvalue weighted by Gasteiger charge is -2.54. The van der Waals surface area contributed by atoms with Crippen molar-refractivity contribution in [1.82, 2.24) is 0 Å². The molecule has 20 heavy (non-hydrogen) atoms. The SMILES string of the molecule is CCCC1(OC)C(P(CC)CC)CCC[Si]1(OC)OC. The predicted molar refractivity (Wildman–Crippen MR) is 90.3 cm³/mol. The zero-order valence-corrected chi connectivity index (χ0v) is 16.1. The molecule has 0 aromatic rings. The van der Waals surface area contributed by atoms with Gasteiger partial charge in [0.25, 0.3) is 0 Å². The Morgan fingerprint density at radius 2 is 1.70 bits per heavy atom. The van der Waals surface area contributed by atoms with E-state index < -0.39 is 8.56 Å². The highest BCUT2D eigenvalue weighted by molar-refractivity contribution is 7.58. The zero-order chi connectivity index (χ0) is 15.2. The van der Waals surface area contributed by atoms with Gasteiger partial charge in [0, 0.05) is 27.0 Å². The first-order valence-electron chi connectivity index (χ1n) is 8.00. The third-order valence-electron chi connectivity index (χ3n) is 5.06. The molecule has 0 aromatic heterocycles. The van der Waals surface area contributed by atoms with E-state index in [0.717, 1.165) is 18.9 Å². The molecule has 1 saturated heterocycles. The minimum Gasteiger partial charge on any atom is -0.396 e. The molecule has 0 spiro atoms. The Morgan fingerprint density at radius 3 is 2.10 bits per heavy atom. The normalized spacial score (nSPS) is 29.9. The fraction of sp³-hybridized carbons (Fsp3) is 1.00. The minimum absolute atomic E-state index is 0.000183. The van der Waals surface area contributed by atoms with Crippen LogP contribution in [0.5, 0.6) is 0 Å². The molecular weight excluding hydrogens is 287 g/mol. The number of rotatable bonds is 8. The number of hydrogen-bond donors (Lipinski definition) is 0. The molecule has 1 rings (SSSR count). The van der Waals surface area contributed by atoms with Gasteiger partial charge in [-0.05, 0) is 31.2 Å². The Balaban J connectivity index is 3.26. The van der Waals surface area contributed by atoms with Crippen LogP contribution < -0.4 is 0 Å². The molecule has 1 aliphatic rings. The standard InChI is InChI=1S/C15H33O3PSi/c1-7-12-15(16-4)14(19(8-2)9-3)11-10-13-20(15,17-5)18-6/h14H,7-13H2,1-6H3. The summed E-state index contributed by atoms with van der Waals surface area (Å²) in [4.78, 5) is 0. The van der Waals surface area contributed by atoms with Crippen molar-refractivity contribution in [3.05, 3.63) is 0 Å². The lowest BCUT2D eigenvalue weighted by molar-refractivity contribution is -0.0114. The fourth-order valence-corrected chi connectivity index (χ4v) is 11.9. The second kappa shape index (κ2) is 8.24. The summed E-state index contributed by atoms with van der Waals surface area (Å²) in [5.74, 6) is 0. The quantitative estimate of drug-likeness (QED) is 0.497. The Labute approximate surface area is 127 Å². The smallest absolute Gasteiger partial charge is 0.371 e. The Kier molecular flexibility index (Phi) is 7.65. The number of methoxy groups -OCH3 is 1. The van der Waals surface area contributed by atoms with Crippen molar-refractivity contribution in [3.63, 3.8) is 0 Å². The van der Waals surface area contributed by atoms with Crippen LogP contribution >= 0.6 is 7.92 Å². The van der Waals surface area contributed by atoms with E-state index in [1.54, 1.807) is 0 Å². The van der Waals surface area contributed by atoms with Crippen LogP contribution in [0.1, 0.15) is 46.5 Å². The van der Waals surface area contributed by atoms with E-state index in [4.69, 9.17) is 13.6 Å². The lowest BCUT2D eigenvalue weighted by Crippen LogP contribution is -2.70. The molecule has 0 aromatic carbocycles. The van der Waals surface area contributed by atoms with Gasteiger partial charge in [-0.1, -0.05) is 33.6 Å². The van der Waals surface area contributed by atoms with E-state index in [0.29, 0.717) is 5.66 Å². The highest BCUT2D eigenvalue weighted by atomic mass is 31.1. The highest BCUT2D eigenvalue weighted by Gasteiger charge is 2.63. The van der Waals surface area contributed by atoms with E-state index in [2.05, 4.69) is 20.8 Å². The number of ether oxygens (including phenoxy) is 1. The maximum absolute atomic E-state index is 6.24. The van der Waals surface area contributed by atoms with Gasteiger partial charge in [0.15, 0.2) is 0 Å². The van der Waals surface area contributed by atoms with E-state index in [9.17, 15) is 0 Å². The molecule has 2 atom stereocenters. The van der Waals surface area contributed by atoms with Gasteiger partial charge in [0.05, 0.1) is 0 Å². The largest absolute Gasteiger partial charge is 0.396 e. The van der Waals surface area contributed by atoms with Gasteiger partial charge in [-0.25, -0.2) is 0 Å². The third kappa shape index (κ3) is 3.00. The molecule has 0 saturated carbocycles. The molecule has 0 bridgehead atoms. The second-order valence-electron chi connectivity index (χ2n) is 5.63. The minimum atomic E-state index is -2.30. The van der Waals surface area contributed by atoms with Gasteiger partial charge in [-0.2, -0.15) is 0 Å². The molecule has 3 nitrogen and oxygen atoms in total. The van der Waals surface area contributed by atoms with Crippen molar-refractivity contribution in [1.29, 1.82) is 0 Å². The average molecular weight is 320 g/mol. The fourth-order valence-electron chi connectivity index (χ4n) is 4.12. The molecule has 1 heterocycles. The highest BCUT2D eigenvalue weighted by Crippen LogP contribution is 2.56. The molecule has 2 unspecified atom stereocenters. The second-order valence-corrected chi connectivity index (χ2v) is 12.4. The molecule has 1 aliphatic heterocycles. The summed E-state index contributed by atoms with van der Waals surface area (Å²) in [6, 6.07) is 1.07. The Morgan fingerprint density at radius 1 is 1.10 bits per heavy atom. The monoisotopic (exact) mass is 320 g/mol. The van der Waals surface area contributed by atoms with Crippen LogP contribution in [0.2, 0.25) is 6.04 Å². The summed E-state index contributed by atoms with van der Waals surface area (Å²) in [5, 5.41) is -0.152. The van der Waals surface area contributed by atoms with Crippen LogP contribution in [0.4, 0.5) is 0 Å². The molecule has 5 heteroatoms. The molecular formula is C15H33O3PSi. The maximum atomic E-state index is 6.24. The molecule has 0 amide bonds. The van der Waals surface area contributed by atoms with E-state index >= 15 is 0 Å². The molecule has 0 N–H and O–H groups in total. The third-order valence-corrected chi connectivity index (χ3v) is 12.9. The van der Waals surface area contributed by atoms with Crippen molar-refractivity contribution in [2.45, 2.75) is 63.4 Å². The summed E-state index contributed by atoms with van der Waals surface area (Å²) in [7, 11) is 3.26. The van der Waals surface area contributed by atoms with Crippen molar-refractivity contribution >= 4 is 16.5 Å². The molecule has 120 valence electrons. The van der Waals surface area contributed by atoms with Gasteiger partial charge in [0.1, 0.15) is 5.22 Å². The van der Waals surface area contributed by atoms with Crippen LogP contribution in [0.25, 0.3) is 0 Å². The Bertz CT molecular complexity index is 282. The van der Waals surface area contributed by atoms with E-state index in [1.807, 2.05) is 21.3 Å². The van der Waals surface area contributed by atoms with Crippen molar-refractivity contribution < 1.29 is 13.6 Å². The first kappa shape index (κ1) is 18.6. The van der Waals surface area contributed by atoms with Crippen LogP contribution in [0.15, 0.2) is 0 Å². The van der Waals surface area contributed by atoms with Crippen molar-refractivity contribution in [2.75, 3.05) is 33.7 Å². The predicted octanol–water partition coefficient (Wildman–Crippen LogP) is 4.13. The summed E-state index contributed by atoms with van der Waals surface area (Å²) in [6.45, 7) is 6.91. The van der Waals surface area contributed by atoms with Crippen LogP contribution in [-0.2, 0) is 13.6 Å². The summed E-state index contributed by atoms with van der Waals surface area (Å²) in [6.07, 6.45) is 7.27. The summed E-state index contributed by atoms with van der Waals surface area (Å²) >= 11 is 0. The summed E-state index contributed by atoms with van der Waals surface area (Å²) < 4.78 is 18.4. The zero-order valence-electron chi connectivity index (χ0n) is 14.2. The van der Waals surface area contributed by atoms with Crippen molar-refractivity contribution in [2.24, 2.45) is 0 Å². The van der Waals surface area contributed by atoms with Crippen LogP contribution in [0.3, 0.4) is 0 Å². The van der Waals surface area contributed by atoms with Gasteiger partial charge >= 0.3 is 8.56 Å². The average Bonchev–Trinajstić information content (AvgIpc) is 2.50. The van der Waals surface area contributed by atoms with Gasteiger partial charge in [0.2, 0.25) is 0 Å². The topological polar surface area (TPSA) is 27.7 Å². The molecule has 1 fully saturated rings. The molecule has 0 aliphatic carbocycles. The van der Waals surface area contributed by atoms with Gasteiger partial charge < -0.3 is 13.6 Å². The lowest BCUT2D eigenvalue weighted by atomic mass is 10.1. The van der Waals surface area contributed by atoms with E-state index in [-0.39, 0.29) is 13.1 Å². The van der Waals surface area contributed by atoms with E-state index in [1.165, 1.54) is 25.2 Å². The molecule has 0 radical (unpaired) electrons.